The molecule has 0 fully saturated rings. The summed E-state index contributed by atoms with van der Waals surface area (Å²) in [5.74, 6) is 0.623. The predicted octanol–water partition coefficient (Wildman–Crippen LogP) is 2.72. The lowest BCUT2D eigenvalue weighted by Crippen LogP contribution is -2.41. The SMILES string of the molecule is CCCC(C)COCCC(C)(C#N)NCC. The van der Waals surface area contributed by atoms with E-state index in [1.165, 1.54) is 12.8 Å². The molecule has 0 saturated heterocycles. The van der Waals surface area contributed by atoms with Crippen LogP contribution in [0.4, 0.5) is 0 Å². The summed E-state index contributed by atoms with van der Waals surface area (Å²) in [5, 5.41) is 12.2. The van der Waals surface area contributed by atoms with Crippen LogP contribution < -0.4 is 5.32 Å². The van der Waals surface area contributed by atoms with Gasteiger partial charge in [-0.05, 0) is 25.8 Å². The first-order valence-electron chi connectivity index (χ1n) is 6.32. The number of nitrogens with zero attached hydrogens (tertiary/aromatic N) is 1. The molecule has 0 aliphatic carbocycles. The van der Waals surface area contributed by atoms with Crippen LogP contribution in [0.25, 0.3) is 0 Å². The van der Waals surface area contributed by atoms with E-state index in [4.69, 9.17) is 10.00 Å². The molecule has 3 nitrogen and oxygen atoms in total. The molecule has 16 heavy (non-hydrogen) atoms. The van der Waals surface area contributed by atoms with Crippen LogP contribution in [0.1, 0.15) is 47.0 Å². The highest BCUT2D eigenvalue weighted by molar-refractivity contribution is 5.03. The van der Waals surface area contributed by atoms with Gasteiger partial charge in [-0.15, -0.1) is 0 Å². The molecule has 0 radical (unpaired) electrons. The summed E-state index contributed by atoms with van der Waals surface area (Å²) in [5.41, 5.74) is -0.442. The van der Waals surface area contributed by atoms with Crippen molar-refractivity contribution in [1.29, 1.82) is 5.26 Å². The molecule has 94 valence electrons. The van der Waals surface area contributed by atoms with Gasteiger partial charge in [0.2, 0.25) is 0 Å². The molecule has 0 heterocycles. The number of hydrogen-bond acceptors (Lipinski definition) is 3. The molecule has 0 bridgehead atoms. The molecule has 0 spiro atoms. The summed E-state index contributed by atoms with van der Waals surface area (Å²) < 4.78 is 5.60. The van der Waals surface area contributed by atoms with Crippen molar-refractivity contribution in [1.82, 2.24) is 5.32 Å². The van der Waals surface area contributed by atoms with Gasteiger partial charge in [0.25, 0.3) is 0 Å². The van der Waals surface area contributed by atoms with Crippen LogP contribution in [0.2, 0.25) is 0 Å². The van der Waals surface area contributed by atoms with E-state index in [0.29, 0.717) is 12.5 Å². The minimum Gasteiger partial charge on any atom is -0.381 e. The van der Waals surface area contributed by atoms with E-state index in [2.05, 4.69) is 25.2 Å². The fraction of sp³-hybridized carbons (Fsp3) is 0.923. The van der Waals surface area contributed by atoms with Gasteiger partial charge in [0.05, 0.1) is 6.07 Å². The summed E-state index contributed by atoms with van der Waals surface area (Å²) in [4.78, 5) is 0. The zero-order chi connectivity index (χ0) is 12.4. The van der Waals surface area contributed by atoms with Gasteiger partial charge in [-0.25, -0.2) is 0 Å². The van der Waals surface area contributed by atoms with E-state index >= 15 is 0 Å². The summed E-state index contributed by atoms with van der Waals surface area (Å²) >= 11 is 0. The van der Waals surface area contributed by atoms with Crippen LogP contribution in [0.3, 0.4) is 0 Å². The Bertz CT molecular complexity index is 212. The van der Waals surface area contributed by atoms with Crippen molar-refractivity contribution in [2.45, 2.75) is 52.5 Å². The average molecular weight is 226 g/mol. The predicted molar refractivity (Wildman–Crippen MR) is 67.2 cm³/mol. The van der Waals surface area contributed by atoms with Crippen molar-refractivity contribution in [3.8, 4) is 6.07 Å². The topological polar surface area (TPSA) is 45.0 Å². The Morgan fingerprint density at radius 2 is 2.12 bits per heavy atom. The number of ether oxygens (including phenoxy) is 1. The van der Waals surface area contributed by atoms with Gasteiger partial charge in [0.1, 0.15) is 5.54 Å². The standard InChI is InChI=1S/C13H26N2O/c1-5-7-12(3)10-16-9-8-13(4,11-14)15-6-2/h12,15H,5-10H2,1-4H3. The lowest BCUT2D eigenvalue weighted by Gasteiger charge is -2.22. The molecule has 2 unspecified atom stereocenters. The van der Waals surface area contributed by atoms with Crippen LogP contribution in [-0.4, -0.2) is 25.3 Å². The zero-order valence-corrected chi connectivity index (χ0v) is 11.2. The molecule has 0 amide bonds. The normalized spacial score (nSPS) is 16.4. The van der Waals surface area contributed by atoms with E-state index < -0.39 is 5.54 Å². The van der Waals surface area contributed by atoms with Gasteiger partial charge < -0.3 is 4.74 Å². The highest BCUT2D eigenvalue weighted by Crippen LogP contribution is 2.10. The number of hydrogen-bond donors (Lipinski definition) is 1. The second kappa shape index (κ2) is 8.55. The van der Waals surface area contributed by atoms with Crippen molar-refractivity contribution in [2.75, 3.05) is 19.8 Å². The van der Waals surface area contributed by atoms with Crippen molar-refractivity contribution >= 4 is 0 Å². The van der Waals surface area contributed by atoms with Crippen LogP contribution >= 0.6 is 0 Å². The molecule has 0 aliphatic heterocycles. The van der Waals surface area contributed by atoms with Crippen molar-refractivity contribution in [3.05, 3.63) is 0 Å². The van der Waals surface area contributed by atoms with Gasteiger partial charge in [-0.3, -0.25) is 5.32 Å². The summed E-state index contributed by atoms with van der Waals surface area (Å²) in [6.07, 6.45) is 3.16. The lowest BCUT2D eigenvalue weighted by molar-refractivity contribution is 0.0896. The van der Waals surface area contributed by atoms with E-state index in [0.717, 1.165) is 19.6 Å². The fourth-order valence-corrected chi connectivity index (χ4v) is 1.71. The summed E-state index contributed by atoms with van der Waals surface area (Å²) in [6, 6.07) is 2.30. The highest BCUT2D eigenvalue weighted by atomic mass is 16.5. The third-order valence-electron chi connectivity index (χ3n) is 2.74. The van der Waals surface area contributed by atoms with Gasteiger partial charge in [-0.2, -0.15) is 5.26 Å². The van der Waals surface area contributed by atoms with Gasteiger partial charge in [0, 0.05) is 19.6 Å². The van der Waals surface area contributed by atoms with Crippen LogP contribution in [0, 0.1) is 17.2 Å². The van der Waals surface area contributed by atoms with E-state index in [1.807, 2.05) is 13.8 Å². The van der Waals surface area contributed by atoms with Crippen LogP contribution in [0.5, 0.6) is 0 Å². The average Bonchev–Trinajstić information content (AvgIpc) is 2.25. The molecule has 0 saturated carbocycles. The van der Waals surface area contributed by atoms with Crippen molar-refractivity contribution in [3.63, 3.8) is 0 Å². The smallest absolute Gasteiger partial charge is 0.106 e. The Kier molecular flexibility index (Phi) is 8.23. The third kappa shape index (κ3) is 6.81. The van der Waals surface area contributed by atoms with Crippen LogP contribution in [0.15, 0.2) is 0 Å². The number of nitrogens with one attached hydrogen (secondary N) is 1. The monoisotopic (exact) mass is 226 g/mol. The molecular formula is C13H26N2O. The molecular weight excluding hydrogens is 200 g/mol. The zero-order valence-electron chi connectivity index (χ0n) is 11.2. The van der Waals surface area contributed by atoms with E-state index in [1.54, 1.807) is 0 Å². The van der Waals surface area contributed by atoms with Gasteiger partial charge >= 0.3 is 0 Å². The highest BCUT2D eigenvalue weighted by Gasteiger charge is 2.21. The Morgan fingerprint density at radius 3 is 2.62 bits per heavy atom. The molecule has 0 aromatic rings. The van der Waals surface area contributed by atoms with Gasteiger partial charge in [0.15, 0.2) is 0 Å². The van der Waals surface area contributed by atoms with E-state index in [-0.39, 0.29) is 0 Å². The molecule has 0 rings (SSSR count). The Morgan fingerprint density at radius 1 is 1.44 bits per heavy atom. The Hall–Kier alpha value is -0.590. The quantitative estimate of drug-likeness (QED) is 0.615. The molecule has 0 aromatic heterocycles. The molecule has 1 N–H and O–H groups in total. The minimum atomic E-state index is -0.442. The van der Waals surface area contributed by atoms with Crippen LogP contribution in [-0.2, 0) is 4.74 Å². The minimum absolute atomic E-state index is 0.442. The fourth-order valence-electron chi connectivity index (χ4n) is 1.71. The maximum Gasteiger partial charge on any atom is 0.106 e. The second-order valence-corrected chi connectivity index (χ2v) is 4.69. The first-order valence-corrected chi connectivity index (χ1v) is 6.32. The maximum absolute atomic E-state index is 9.04. The number of nitriles is 1. The summed E-state index contributed by atoms with van der Waals surface area (Å²) in [6.45, 7) is 10.6. The third-order valence-corrected chi connectivity index (χ3v) is 2.74. The van der Waals surface area contributed by atoms with Crippen molar-refractivity contribution < 1.29 is 4.74 Å². The maximum atomic E-state index is 9.04. The van der Waals surface area contributed by atoms with Crippen molar-refractivity contribution in [2.24, 2.45) is 5.92 Å². The first kappa shape index (κ1) is 15.4. The first-order chi connectivity index (χ1) is 7.58. The lowest BCUT2D eigenvalue weighted by atomic mass is 10.0. The largest absolute Gasteiger partial charge is 0.381 e. The number of rotatable bonds is 9. The second-order valence-electron chi connectivity index (χ2n) is 4.69. The molecule has 3 heteroatoms. The molecule has 2 atom stereocenters. The van der Waals surface area contributed by atoms with Gasteiger partial charge in [-0.1, -0.05) is 27.2 Å². The molecule has 0 aromatic carbocycles. The Labute approximate surface area is 100 Å². The summed E-state index contributed by atoms with van der Waals surface area (Å²) in [7, 11) is 0. The van der Waals surface area contributed by atoms with E-state index in [9.17, 15) is 0 Å². The Balaban J connectivity index is 3.68. The molecule has 0 aliphatic rings.